The van der Waals surface area contributed by atoms with Gasteiger partial charge >= 0.3 is 6.09 Å². The van der Waals surface area contributed by atoms with Gasteiger partial charge in [0, 0.05) is 10.6 Å². The third kappa shape index (κ3) is 2.78. The quantitative estimate of drug-likeness (QED) is 0.853. The fraction of sp³-hybridized carbons (Fsp3) is 0. The molecule has 3 nitrogen and oxygen atoms in total. The Labute approximate surface area is 108 Å². The maximum absolute atomic E-state index is 12.8. The number of amides is 1. The maximum Gasteiger partial charge on any atom is 0.409 e. The minimum Gasteiger partial charge on any atom is -0.465 e. The lowest BCUT2D eigenvalue weighted by molar-refractivity contribution is 0.210. The van der Waals surface area contributed by atoms with E-state index in [1.807, 2.05) is 0 Å². The van der Waals surface area contributed by atoms with Crippen LogP contribution in [0.1, 0.15) is 0 Å². The highest BCUT2D eigenvalue weighted by Crippen LogP contribution is 2.30. The minimum atomic E-state index is -1.18. The molecule has 0 aliphatic rings. The van der Waals surface area contributed by atoms with Crippen LogP contribution in [0, 0.1) is 5.82 Å². The summed E-state index contributed by atoms with van der Waals surface area (Å²) >= 11 is 5.82. The van der Waals surface area contributed by atoms with Crippen molar-refractivity contribution in [3.05, 3.63) is 53.3 Å². The molecule has 0 saturated carbocycles. The minimum absolute atomic E-state index is 0.347. The average molecular weight is 266 g/mol. The van der Waals surface area contributed by atoms with Crippen LogP contribution in [-0.2, 0) is 0 Å². The van der Waals surface area contributed by atoms with E-state index in [0.717, 1.165) is 0 Å². The van der Waals surface area contributed by atoms with E-state index >= 15 is 0 Å². The third-order valence-electron chi connectivity index (χ3n) is 2.38. The lowest BCUT2D eigenvalue weighted by atomic mass is 10.0. The Kier molecular flexibility index (Phi) is 3.48. The van der Waals surface area contributed by atoms with Gasteiger partial charge in [-0.05, 0) is 29.8 Å². The third-order valence-corrected chi connectivity index (χ3v) is 2.61. The molecule has 2 aromatic rings. The van der Waals surface area contributed by atoms with Gasteiger partial charge in [0.05, 0.1) is 5.69 Å². The van der Waals surface area contributed by atoms with E-state index in [9.17, 15) is 9.18 Å². The lowest BCUT2D eigenvalue weighted by Gasteiger charge is -2.10. The Bertz CT molecular complexity index is 584. The predicted molar refractivity (Wildman–Crippen MR) is 68.5 cm³/mol. The fourth-order valence-electron chi connectivity index (χ4n) is 1.62. The molecule has 0 aliphatic heterocycles. The first-order valence-electron chi connectivity index (χ1n) is 5.12. The molecule has 0 atom stereocenters. The van der Waals surface area contributed by atoms with Crippen LogP contribution in [0.15, 0.2) is 42.5 Å². The lowest BCUT2D eigenvalue weighted by Crippen LogP contribution is -2.08. The van der Waals surface area contributed by atoms with Crippen molar-refractivity contribution < 1.29 is 14.3 Å². The normalized spacial score (nSPS) is 10.1. The van der Waals surface area contributed by atoms with E-state index in [-0.39, 0.29) is 5.82 Å². The summed E-state index contributed by atoms with van der Waals surface area (Å²) in [7, 11) is 0. The van der Waals surface area contributed by atoms with Gasteiger partial charge in [-0.2, -0.15) is 0 Å². The first kappa shape index (κ1) is 12.4. The summed E-state index contributed by atoms with van der Waals surface area (Å²) in [5, 5.41) is 11.4. The Morgan fingerprint density at radius 1 is 1.17 bits per heavy atom. The number of hydrogen-bond donors (Lipinski definition) is 2. The Morgan fingerprint density at radius 2 is 1.83 bits per heavy atom. The van der Waals surface area contributed by atoms with Gasteiger partial charge in [-0.25, -0.2) is 9.18 Å². The van der Waals surface area contributed by atoms with Gasteiger partial charge in [0.15, 0.2) is 0 Å². The van der Waals surface area contributed by atoms with Gasteiger partial charge < -0.3 is 5.11 Å². The summed E-state index contributed by atoms with van der Waals surface area (Å²) in [6, 6.07) is 10.6. The van der Waals surface area contributed by atoms with Crippen molar-refractivity contribution in [1.82, 2.24) is 0 Å². The largest absolute Gasteiger partial charge is 0.465 e. The molecule has 92 valence electrons. The molecule has 0 fully saturated rings. The van der Waals surface area contributed by atoms with Crippen LogP contribution in [-0.4, -0.2) is 11.2 Å². The summed E-state index contributed by atoms with van der Waals surface area (Å²) in [5.41, 5.74) is 1.71. The number of benzene rings is 2. The first-order chi connectivity index (χ1) is 8.56. The molecular weight excluding hydrogens is 257 g/mol. The fourth-order valence-corrected chi connectivity index (χ4v) is 1.79. The molecule has 0 radical (unpaired) electrons. The number of nitrogens with one attached hydrogen (secondary N) is 1. The topological polar surface area (TPSA) is 49.3 Å². The molecule has 0 bridgehead atoms. The Balaban J connectivity index is 2.49. The van der Waals surface area contributed by atoms with Gasteiger partial charge in [-0.15, -0.1) is 0 Å². The molecule has 18 heavy (non-hydrogen) atoms. The highest BCUT2D eigenvalue weighted by Gasteiger charge is 2.08. The molecule has 0 saturated heterocycles. The van der Waals surface area contributed by atoms with Crippen molar-refractivity contribution in [2.45, 2.75) is 0 Å². The molecule has 0 unspecified atom stereocenters. The van der Waals surface area contributed by atoms with E-state index in [1.165, 1.54) is 18.2 Å². The van der Waals surface area contributed by atoms with Gasteiger partial charge in [0.1, 0.15) is 5.82 Å². The zero-order valence-electron chi connectivity index (χ0n) is 9.15. The molecule has 2 aromatic carbocycles. The van der Waals surface area contributed by atoms with Crippen LogP contribution >= 0.6 is 11.6 Å². The molecule has 5 heteroatoms. The second-order valence-corrected chi connectivity index (χ2v) is 4.06. The van der Waals surface area contributed by atoms with E-state index in [2.05, 4.69) is 5.32 Å². The summed E-state index contributed by atoms with van der Waals surface area (Å²) in [5.74, 6) is -0.347. The maximum atomic E-state index is 12.8. The molecule has 1 amide bonds. The average Bonchev–Trinajstić information content (AvgIpc) is 2.30. The second-order valence-electron chi connectivity index (χ2n) is 3.63. The molecular formula is C13H9ClFNO2. The highest BCUT2D eigenvalue weighted by atomic mass is 35.5. The van der Waals surface area contributed by atoms with Crippen molar-refractivity contribution in [2.24, 2.45) is 0 Å². The van der Waals surface area contributed by atoms with Crippen LogP contribution < -0.4 is 5.32 Å². The van der Waals surface area contributed by atoms with Crippen LogP contribution in [0.5, 0.6) is 0 Å². The van der Waals surface area contributed by atoms with E-state index in [1.54, 1.807) is 24.3 Å². The second kappa shape index (κ2) is 5.06. The van der Waals surface area contributed by atoms with Gasteiger partial charge in [-0.1, -0.05) is 29.8 Å². The molecule has 0 heterocycles. The predicted octanol–water partition coefficient (Wildman–Crippen LogP) is 4.24. The van der Waals surface area contributed by atoms with Crippen molar-refractivity contribution >= 4 is 23.4 Å². The number of rotatable bonds is 2. The van der Waals surface area contributed by atoms with Crippen molar-refractivity contribution in [2.75, 3.05) is 5.32 Å². The summed E-state index contributed by atoms with van der Waals surface area (Å²) in [6.07, 6.45) is -1.18. The standard InChI is InChI=1S/C13H9ClFNO2/c14-9-3-6-11(12(7-9)16-13(17)18)8-1-4-10(15)5-2-8/h1-7,16H,(H,17,18). The smallest absolute Gasteiger partial charge is 0.409 e. The SMILES string of the molecule is O=C(O)Nc1cc(Cl)ccc1-c1ccc(F)cc1. The van der Waals surface area contributed by atoms with Crippen molar-refractivity contribution in [3.8, 4) is 11.1 Å². The molecule has 2 N–H and O–H groups in total. The van der Waals surface area contributed by atoms with E-state index < -0.39 is 6.09 Å². The summed E-state index contributed by atoms with van der Waals surface area (Å²) in [4.78, 5) is 10.7. The summed E-state index contributed by atoms with van der Waals surface area (Å²) in [6.45, 7) is 0. The molecule has 0 aliphatic carbocycles. The number of hydrogen-bond acceptors (Lipinski definition) is 1. The Morgan fingerprint density at radius 3 is 2.44 bits per heavy atom. The summed E-state index contributed by atoms with van der Waals surface area (Å²) < 4.78 is 12.8. The Hall–Kier alpha value is -2.07. The van der Waals surface area contributed by atoms with Gasteiger partial charge in [0.25, 0.3) is 0 Å². The van der Waals surface area contributed by atoms with Gasteiger partial charge in [-0.3, -0.25) is 5.32 Å². The van der Waals surface area contributed by atoms with Crippen LogP contribution in [0.4, 0.5) is 14.9 Å². The van der Waals surface area contributed by atoms with Crippen LogP contribution in [0.3, 0.4) is 0 Å². The number of halogens is 2. The van der Waals surface area contributed by atoms with Gasteiger partial charge in [0.2, 0.25) is 0 Å². The number of anilines is 1. The van der Waals surface area contributed by atoms with Crippen molar-refractivity contribution in [3.63, 3.8) is 0 Å². The van der Waals surface area contributed by atoms with Crippen molar-refractivity contribution in [1.29, 1.82) is 0 Å². The van der Waals surface area contributed by atoms with E-state index in [0.29, 0.717) is 21.8 Å². The highest BCUT2D eigenvalue weighted by molar-refractivity contribution is 6.31. The van der Waals surface area contributed by atoms with Crippen LogP contribution in [0.2, 0.25) is 5.02 Å². The molecule has 0 spiro atoms. The molecule has 2 rings (SSSR count). The monoisotopic (exact) mass is 265 g/mol. The zero-order valence-corrected chi connectivity index (χ0v) is 9.91. The first-order valence-corrected chi connectivity index (χ1v) is 5.49. The van der Waals surface area contributed by atoms with Crippen LogP contribution in [0.25, 0.3) is 11.1 Å². The van der Waals surface area contributed by atoms with E-state index in [4.69, 9.17) is 16.7 Å². The molecule has 0 aromatic heterocycles. The zero-order chi connectivity index (χ0) is 13.1. The number of carboxylic acid groups (broad SMARTS) is 1. The number of carbonyl (C=O) groups is 1.